The Balaban J connectivity index is 0.862. The Hall–Kier alpha value is -3.36. The van der Waals surface area contributed by atoms with Crippen molar-refractivity contribution >= 4 is 11.9 Å². The summed E-state index contributed by atoms with van der Waals surface area (Å²) in [7, 11) is 0. The molecule has 1 aromatic rings. The standard InChI is InChI=1S/C52H74O8/c1-33(2)35-14-18-43-37(26-35)16-20-45-49(43,5)22-10-24-51(45,7)47(55)59-31-39(53)29-57-41-12-9-13-42(28-41)58-30-40(54)32-60-48(56)52(8)25-11-23-50(6)44-19-15-36(34(3)4)27-38(44)17-21-46(50)52/h9,12-13,16-17,26-28,33-34,39-40,43-46,53-54H,10-11,14-15,18-25,29-32H2,1-8H3. The highest BCUT2D eigenvalue weighted by molar-refractivity contribution is 5.78. The van der Waals surface area contributed by atoms with E-state index in [-0.39, 0.29) is 61.0 Å². The fourth-order valence-electron chi connectivity index (χ4n) is 13.0. The molecule has 1 aromatic carbocycles. The third-order valence-electron chi connectivity index (χ3n) is 16.6. The van der Waals surface area contributed by atoms with Crippen LogP contribution in [0.15, 0.2) is 70.9 Å². The molecule has 0 aromatic heterocycles. The Bertz CT molecular complexity index is 1740. The van der Waals surface area contributed by atoms with Crippen LogP contribution in [-0.4, -0.2) is 60.8 Å². The van der Waals surface area contributed by atoms with E-state index in [9.17, 15) is 19.8 Å². The zero-order valence-corrected chi connectivity index (χ0v) is 37.9. The van der Waals surface area contributed by atoms with Crippen LogP contribution in [0.1, 0.15) is 132 Å². The van der Waals surface area contributed by atoms with Crippen LogP contribution in [0.5, 0.6) is 11.5 Å². The van der Waals surface area contributed by atoms with E-state index in [0.717, 1.165) is 77.0 Å². The van der Waals surface area contributed by atoms with Gasteiger partial charge in [-0.3, -0.25) is 9.59 Å². The van der Waals surface area contributed by atoms with E-state index in [2.05, 4.69) is 79.7 Å². The second-order valence-electron chi connectivity index (χ2n) is 21.1. The minimum Gasteiger partial charge on any atom is -0.491 e. The van der Waals surface area contributed by atoms with Crippen molar-refractivity contribution in [2.45, 2.75) is 145 Å². The van der Waals surface area contributed by atoms with Gasteiger partial charge in [-0.05, 0) is 148 Å². The van der Waals surface area contributed by atoms with Crippen LogP contribution in [0.3, 0.4) is 0 Å². The first-order valence-electron chi connectivity index (χ1n) is 23.3. The lowest BCUT2D eigenvalue weighted by Crippen LogP contribution is -2.53. The van der Waals surface area contributed by atoms with Crippen molar-refractivity contribution in [1.29, 1.82) is 0 Å². The van der Waals surface area contributed by atoms with Gasteiger partial charge in [0.1, 0.15) is 50.1 Å². The number of hydrogen-bond donors (Lipinski definition) is 2. The molecule has 6 aliphatic carbocycles. The Kier molecular flexibility index (Phi) is 13.2. The average molecular weight is 827 g/mol. The van der Waals surface area contributed by atoms with Gasteiger partial charge in [0, 0.05) is 6.07 Å². The first-order chi connectivity index (χ1) is 28.5. The van der Waals surface area contributed by atoms with Gasteiger partial charge in [0.25, 0.3) is 0 Å². The van der Waals surface area contributed by atoms with E-state index in [1.807, 2.05) is 0 Å². The summed E-state index contributed by atoms with van der Waals surface area (Å²) in [6, 6.07) is 6.99. The molecule has 10 unspecified atom stereocenters. The Morgan fingerprint density at radius 2 is 1.07 bits per heavy atom. The smallest absolute Gasteiger partial charge is 0.312 e. The summed E-state index contributed by atoms with van der Waals surface area (Å²) in [5.74, 6) is 2.95. The van der Waals surface area contributed by atoms with Crippen LogP contribution in [0.4, 0.5) is 0 Å². The molecule has 2 saturated carbocycles. The number of rotatable bonds is 14. The van der Waals surface area contributed by atoms with Crippen molar-refractivity contribution in [3.63, 3.8) is 0 Å². The molecular formula is C52H74O8. The summed E-state index contributed by atoms with van der Waals surface area (Å²) < 4.78 is 23.5. The fraction of sp³-hybridized carbons (Fsp3) is 0.692. The van der Waals surface area contributed by atoms with E-state index in [1.54, 1.807) is 24.3 Å². The summed E-state index contributed by atoms with van der Waals surface area (Å²) in [6.07, 6.45) is 19.7. The lowest BCUT2D eigenvalue weighted by Gasteiger charge is -2.57. The summed E-state index contributed by atoms with van der Waals surface area (Å²) >= 11 is 0. The molecule has 2 N–H and O–H groups in total. The maximum atomic E-state index is 13.8. The molecule has 10 atom stereocenters. The maximum absolute atomic E-state index is 13.8. The predicted molar refractivity (Wildman–Crippen MR) is 235 cm³/mol. The van der Waals surface area contributed by atoms with Gasteiger partial charge in [-0.1, -0.05) is 95.9 Å². The number of fused-ring (bicyclic) bond motifs is 6. The highest BCUT2D eigenvalue weighted by atomic mass is 16.6. The lowest BCUT2D eigenvalue weighted by molar-refractivity contribution is -0.173. The molecule has 7 rings (SSSR count). The lowest BCUT2D eigenvalue weighted by atomic mass is 9.47. The number of carbonyl (C=O) groups excluding carboxylic acids is 2. The van der Waals surface area contributed by atoms with Gasteiger partial charge in [-0.2, -0.15) is 0 Å². The molecule has 0 spiro atoms. The molecule has 0 bridgehead atoms. The Labute approximate surface area is 360 Å². The van der Waals surface area contributed by atoms with Gasteiger partial charge in [-0.15, -0.1) is 0 Å². The molecule has 0 saturated heterocycles. The minimum absolute atomic E-state index is 0.0446. The van der Waals surface area contributed by atoms with Crippen LogP contribution in [-0.2, 0) is 19.1 Å². The van der Waals surface area contributed by atoms with Crippen molar-refractivity contribution in [2.24, 2.45) is 57.2 Å². The molecule has 60 heavy (non-hydrogen) atoms. The van der Waals surface area contributed by atoms with Gasteiger partial charge in [0.15, 0.2) is 0 Å². The third-order valence-corrected chi connectivity index (χ3v) is 16.6. The molecule has 6 aliphatic rings. The van der Waals surface area contributed by atoms with E-state index >= 15 is 0 Å². The molecule has 8 heteroatoms. The van der Waals surface area contributed by atoms with E-state index in [4.69, 9.17) is 18.9 Å². The summed E-state index contributed by atoms with van der Waals surface area (Å²) in [4.78, 5) is 27.6. The molecule has 330 valence electrons. The summed E-state index contributed by atoms with van der Waals surface area (Å²) in [5.41, 5.74) is 4.87. The normalized spacial score (nSPS) is 34.6. The van der Waals surface area contributed by atoms with Gasteiger partial charge in [0.2, 0.25) is 0 Å². The number of allylic oxidation sites excluding steroid dienone is 8. The second kappa shape index (κ2) is 17.8. The van der Waals surface area contributed by atoms with Gasteiger partial charge in [-0.25, -0.2) is 0 Å². The van der Waals surface area contributed by atoms with Crippen LogP contribution in [0, 0.1) is 57.2 Å². The highest BCUT2D eigenvalue weighted by Crippen LogP contribution is 2.64. The van der Waals surface area contributed by atoms with Crippen LogP contribution >= 0.6 is 0 Å². The summed E-state index contributed by atoms with van der Waals surface area (Å²) in [6.45, 7) is 17.7. The van der Waals surface area contributed by atoms with Gasteiger partial charge < -0.3 is 29.2 Å². The third kappa shape index (κ3) is 8.67. The number of aliphatic hydroxyl groups is 2. The number of hydrogen-bond acceptors (Lipinski definition) is 8. The van der Waals surface area contributed by atoms with Crippen molar-refractivity contribution in [1.82, 2.24) is 0 Å². The van der Waals surface area contributed by atoms with Crippen LogP contribution in [0.2, 0.25) is 0 Å². The van der Waals surface area contributed by atoms with E-state index in [0.29, 0.717) is 35.2 Å². The number of benzene rings is 1. The van der Waals surface area contributed by atoms with Crippen molar-refractivity contribution in [3.8, 4) is 11.5 Å². The Morgan fingerprint density at radius 3 is 1.47 bits per heavy atom. The average Bonchev–Trinajstić information content (AvgIpc) is 3.22. The molecule has 0 heterocycles. The first-order valence-corrected chi connectivity index (χ1v) is 23.3. The zero-order valence-electron chi connectivity index (χ0n) is 37.9. The minimum atomic E-state index is -1.00. The van der Waals surface area contributed by atoms with Gasteiger partial charge in [0.05, 0.1) is 10.8 Å². The Morgan fingerprint density at radius 1 is 0.650 bits per heavy atom. The monoisotopic (exact) mass is 827 g/mol. The molecule has 0 aliphatic heterocycles. The number of aliphatic hydroxyl groups excluding tert-OH is 2. The molecule has 8 nitrogen and oxygen atoms in total. The SMILES string of the molecule is CC(C)C1=CC2=CCC3C(C)(C(=O)OCC(O)COc4cccc(OCC(O)COC(=O)C5(C)CCCC6(C)C7CCC(C(C)C)=CC7=CCC56)c4)CCCC3(C)C2CC1. The zero-order chi connectivity index (χ0) is 43.0. The largest absolute Gasteiger partial charge is 0.491 e. The van der Waals surface area contributed by atoms with E-state index < -0.39 is 23.0 Å². The topological polar surface area (TPSA) is 112 Å². The number of carbonyl (C=O) groups is 2. The second-order valence-corrected chi connectivity index (χ2v) is 21.1. The van der Waals surface area contributed by atoms with Crippen LogP contribution in [0.25, 0.3) is 0 Å². The molecule has 2 fully saturated rings. The maximum Gasteiger partial charge on any atom is 0.312 e. The van der Waals surface area contributed by atoms with Crippen molar-refractivity contribution in [2.75, 3.05) is 26.4 Å². The quantitative estimate of drug-likeness (QED) is 0.178. The number of esters is 2. The van der Waals surface area contributed by atoms with E-state index in [1.165, 1.54) is 22.3 Å². The molecule has 0 amide bonds. The van der Waals surface area contributed by atoms with Crippen molar-refractivity contribution < 1.29 is 38.7 Å². The number of ether oxygens (including phenoxy) is 4. The van der Waals surface area contributed by atoms with Crippen LogP contribution < -0.4 is 9.47 Å². The molecule has 0 radical (unpaired) electrons. The highest BCUT2D eigenvalue weighted by Gasteiger charge is 2.59. The summed E-state index contributed by atoms with van der Waals surface area (Å²) in [5, 5.41) is 21.7. The van der Waals surface area contributed by atoms with Gasteiger partial charge >= 0.3 is 11.9 Å². The molecular weight excluding hydrogens is 753 g/mol. The first kappa shape index (κ1) is 44.7. The fourth-order valence-corrected chi connectivity index (χ4v) is 13.0. The van der Waals surface area contributed by atoms with Crippen molar-refractivity contribution in [3.05, 3.63) is 70.9 Å². The predicted octanol–water partition coefficient (Wildman–Crippen LogP) is 10.5.